The van der Waals surface area contributed by atoms with E-state index in [0.717, 1.165) is 6.07 Å². The largest absolute Gasteiger partial charge is 0.497 e. The first-order valence-corrected chi connectivity index (χ1v) is 9.95. The van der Waals surface area contributed by atoms with Crippen molar-refractivity contribution in [3.63, 3.8) is 0 Å². The maximum atomic E-state index is 12.7. The molecule has 34 heavy (non-hydrogen) atoms. The molecule has 0 aliphatic rings. The molecule has 3 rings (SSSR count). The standard InChI is InChI=1S/C25H21NO8/c1-31-19-9-12-22(32-2)20(15-19)21(27)10-7-16-8-11-23(24(13-16)33-3)34-25(28)17-5-4-6-18(14-17)26(29)30/h4-15H,1-3H3. The highest BCUT2D eigenvalue weighted by Gasteiger charge is 2.16. The Balaban J connectivity index is 1.79. The molecule has 0 unspecified atom stereocenters. The van der Waals surface area contributed by atoms with Crippen molar-refractivity contribution in [2.75, 3.05) is 21.3 Å². The molecule has 0 aromatic heterocycles. The average molecular weight is 463 g/mol. The number of rotatable bonds is 9. The second kappa shape index (κ2) is 10.8. The lowest BCUT2D eigenvalue weighted by atomic mass is 10.1. The van der Waals surface area contributed by atoms with Crippen LogP contribution in [0.1, 0.15) is 26.3 Å². The number of hydrogen-bond donors (Lipinski definition) is 0. The number of carbonyl (C=O) groups is 2. The lowest BCUT2D eigenvalue weighted by Gasteiger charge is -2.10. The van der Waals surface area contributed by atoms with Crippen LogP contribution in [0.15, 0.2) is 66.7 Å². The molecule has 174 valence electrons. The van der Waals surface area contributed by atoms with Crippen LogP contribution in [0.2, 0.25) is 0 Å². The van der Waals surface area contributed by atoms with Gasteiger partial charge in [-0.1, -0.05) is 18.2 Å². The molecule has 0 aliphatic carbocycles. The van der Waals surface area contributed by atoms with Crippen LogP contribution in [-0.4, -0.2) is 38.0 Å². The first kappa shape index (κ1) is 24.0. The summed E-state index contributed by atoms with van der Waals surface area (Å²) in [7, 11) is 4.38. The summed E-state index contributed by atoms with van der Waals surface area (Å²) in [5, 5.41) is 10.9. The van der Waals surface area contributed by atoms with Crippen LogP contribution in [0.4, 0.5) is 5.69 Å². The predicted octanol–water partition coefficient (Wildman–Crippen LogP) is 4.74. The number of non-ortho nitro benzene ring substituents is 1. The molecule has 0 saturated heterocycles. The molecular weight excluding hydrogens is 442 g/mol. The summed E-state index contributed by atoms with van der Waals surface area (Å²) in [4.78, 5) is 35.5. The van der Waals surface area contributed by atoms with E-state index >= 15 is 0 Å². The molecule has 0 atom stereocenters. The second-order valence-electron chi connectivity index (χ2n) is 6.87. The van der Waals surface area contributed by atoms with Gasteiger partial charge in [0.2, 0.25) is 0 Å². The van der Waals surface area contributed by atoms with Crippen LogP contribution in [0.5, 0.6) is 23.0 Å². The van der Waals surface area contributed by atoms with Crippen molar-refractivity contribution in [3.8, 4) is 23.0 Å². The molecular formula is C25H21NO8. The van der Waals surface area contributed by atoms with Gasteiger partial charge in [0.15, 0.2) is 17.3 Å². The third-order valence-electron chi connectivity index (χ3n) is 4.78. The minimum Gasteiger partial charge on any atom is -0.497 e. The van der Waals surface area contributed by atoms with Crippen molar-refractivity contribution in [1.82, 2.24) is 0 Å². The first-order chi connectivity index (χ1) is 16.4. The van der Waals surface area contributed by atoms with E-state index in [2.05, 4.69) is 0 Å². The van der Waals surface area contributed by atoms with Crippen LogP contribution in [0, 0.1) is 10.1 Å². The number of ketones is 1. The Labute approximate surface area is 195 Å². The van der Waals surface area contributed by atoms with E-state index < -0.39 is 10.9 Å². The Hall–Kier alpha value is -4.66. The normalized spacial score (nSPS) is 10.6. The van der Waals surface area contributed by atoms with Crippen molar-refractivity contribution < 1.29 is 33.5 Å². The highest BCUT2D eigenvalue weighted by molar-refractivity contribution is 6.09. The highest BCUT2D eigenvalue weighted by atomic mass is 16.6. The summed E-state index contributed by atoms with van der Waals surface area (Å²) in [6, 6.07) is 14.9. The van der Waals surface area contributed by atoms with Crippen LogP contribution in [-0.2, 0) is 0 Å². The van der Waals surface area contributed by atoms with Gasteiger partial charge in [0.25, 0.3) is 5.69 Å². The Morgan fingerprint density at radius 1 is 0.853 bits per heavy atom. The third kappa shape index (κ3) is 5.57. The summed E-state index contributed by atoms with van der Waals surface area (Å²) in [5.74, 6) is 0.233. The Morgan fingerprint density at radius 3 is 2.26 bits per heavy atom. The van der Waals surface area contributed by atoms with Gasteiger partial charge in [-0.3, -0.25) is 14.9 Å². The van der Waals surface area contributed by atoms with Crippen LogP contribution >= 0.6 is 0 Å². The molecule has 0 spiro atoms. The summed E-state index contributed by atoms with van der Waals surface area (Å²) in [6.07, 6.45) is 2.96. The maximum absolute atomic E-state index is 12.7. The van der Waals surface area contributed by atoms with E-state index in [1.54, 1.807) is 36.4 Å². The van der Waals surface area contributed by atoms with Crippen LogP contribution < -0.4 is 18.9 Å². The van der Waals surface area contributed by atoms with E-state index in [1.807, 2.05) is 0 Å². The molecule has 0 fully saturated rings. The zero-order chi connectivity index (χ0) is 24.7. The summed E-state index contributed by atoms with van der Waals surface area (Å²) >= 11 is 0. The summed E-state index contributed by atoms with van der Waals surface area (Å²) < 4.78 is 21.1. The molecule has 0 N–H and O–H groups in total. The molecule has 9 heteroatoms. The van der Waals surface area contributed by atoms with E-state index in [-0.39, 0.29) is 28.5 Å². The third-order valence-corrected chi connectivity index (χ3v) is 4.78. The number of ether oxygens (including phenoxy) is 4. The number of esters is 1. The quantitative estimate of drug-likeness (QED) is 0.112. The predicted molar refractivity (Wildman–Crippen MR) is 124 cm³/mol. The lowest BCUT2D eigenvalue weighted by molar-refractivity contribution is -0.384. The SMILES string of the molecule is COc1ccc(OC)c(C(=O)C=Cc2ccc(OC(=O)c3cccc([N+](=O)[O-])c3)c(OC)c2)c1. The van der Waals surface area contributed by atoms with Crippen LogP contribution in [0.25, 0.3) is 6.08 Å². The first-order valence-electron chi connectivity index (χ1n) is 9.95. The smallest absolute Gasteiger partial charge is 0.343 e. The summed E-state index contributed by atoms with van der Waals surface area (Å²) in [5.41, 5.74) is 0.757. The molecule has 0 amide bonds. The lowest BCUT2D eigenvalue weighted by Crippen LogP contribution is -2.09. The Morgan fingerprint density at radius 2 is 1.59 bits per heavy atom. The van der Waals surface area contributed by atoms with E-state index in [1.165, 1.54) is 51.7 Å². The molecule has 0 saturated carbocycles. The minimum atomic E-state index is -0.773. The molecule has 0 radical (unpaired) electrons. The fraction of sp³-hybridized carbons (Fsp3) is 0.120. The zero-order valence-corrected chi connectivity index (χ0v) is 18.6. The molecule has 0 aliphatic heterocycles. The van der Waals surface area contributed by atoms with Gasteiger partial charge in [0, 0.05) is 12.1 Å². The number of methoxy groups -OCH3 is 3. The van der Waals surface area contributed by atoms with Gasteiger partial charge in [-0.25, -0.2) is 4.79 Å². The molecule has 0 bridgehead atoms. The van der Waals surface area contributed by atoms with Crippen molar-refractivity contribution in [2.45, 2.75) is 0 Å². The van der Waals surface area contributed by atoms with Gasteiger partial charge in [-0.15, -0.1) is 0 Å². The monoisotopic (exact) mass is 463 g/mol. The van der Waals surface area contributed by atoms with Gasteiger partial charge in [-0.05, 0) is 48.0 Å². The highest BCUT2D eigenvalue weighted by Crippen LogP contribution is 2.30. The van der Waals surface area contributed by atoms with Gasteiger partial charge >= 0.3 is 5.97 Å². The number of benzene rings is 3. The Bertz CT molecular complexity index is 1270. The number of nitro groups is 1. The van der Waals surface area contributed by atoms with Crippen LogP contribution in [0.3, 0.4) is 0 Å². The Kier molecular flexibility index (Phi) is 7.60. The van der Waals surface area contributed by atoms with E-state index in [4.69, 9.17) is 18.9 Å². The average Bonchev–Trinajstić information content (AvgIpc) is 2.87. The van der Waals surface area contributed by atoms with Crippen molar-refractivity contribution in [1.29, 1.82) is 0 Å². The van der Waals surface area contributed by atoms with E-state index in [0.29, 0.717) is 22.6 Å². The van der Waals surface area contributed by atoms with Gasteiger partial charge in [0.05, 0.1) is 37.4 Å². The molecule has 3 aromatic rings. The van der Waals surface area contributed by atoms with Gasteiger partial charge in [-0.2, -0.15) is 0 Å². The van der Waals surface area contributed by atoms with Crippen molar-refractivity contribution in [2.24, 2.45) is 0 Å². The fourth-order valence-electron chi connectivity index (χ4n) is 3.05. The van der Waals surface area contributed by atoms with Crippen molar-refractivity contribution >= 4 is 23.5 Å². The van der Waals surface area contributed by atoms with E-state index in [9.17, 15) is 19.7 Å². The fourth-order valence-corrected chi connectivity index (χ4v) is 3.05. The minimum absolute atomic E-state index is 0.0260. The number of hydrogen-bond acceptors (Lipinski definition) is 8. The number of nitrogens with zero attached hydrogens (tertiary/aromatic N) is 1. The molecule has 3 aromatic carbocycles. The number of nitro benzene ring substituents is 1. The van der Waals surface area contributed by atoms with Gasteiger partial charge < -0.3 is 18.9 Å². The molecule has 9 nitrogen and oxygen atoms in total. The maximum Gasteiger partial charge on any atom is 0.343 e. The number of carbonyl (C=O) groups excluding carboxylic acids is 2. The van der Waals surface area contributed by atoms with Gasteiger partial charge in [0.1, 0.15) is 11.5 Å². The summed E-state index contributed by atoms with van der Waals surface area (Å²) in [6.45, 7) is 0. The second-order valence-corrected chi connectivity index (χ2v) is 6.87. The zero-order valence-electron chi connectivity index (χ0n) is 18.6. The topological polar surface area (TPSA) is 114 Å². The molecule has 0 heterocycles. The van der Waals surface area contributed by atoms with Crippen molar-refractivity contribution in [3.05, 3.63) is 93.5 Å². The number of allylic oxidation sites excluding steroid dienone is 1.